The van der Waals surface area contributed by atoms with Gasteiger partial charge in [-0.15, -0.1) is 0 Å². The summed E-state index contributed by atoms with van der Waals surface area (Å²) >= 11 is 0. The zero-order chi connectivity index (χ0) is 13.8. The predicted molar refractivity (Wildman–Crippen MR) is 70.2 cm³/mol. The van der Waals surface area contributed by atoms with Gasteiger partial charge in [0.05, 0.1) is 23.9 Å². The average molecular weight is 262 g/mol. The molecular weight excluding hydrogens is 248 g/mol. The number of nitrogens with zero attached hydrogens (tertiary/aromatic N) is 3. The van der Waals surface area contributed by atoms with Gasteiger partial charge in [0, 0.05) is 25.9 Å². The summed E-state index contributed by atoms with van der Waals surface area (Å²) in [4.78, 5) is 10.5. The summed E-state index contributed by atoms with van der Waals surface area (Å²) in [5, 5.41) is 18.1. The molecule has 0 aliphatic heterocycles. The molecule has 0 saturated heterocycles. The summed E-state index contributed by atoms with van der Waals surface area (Å²) in [6, 6.07) is 4.88. The van der Waals surface area contributed by atoms with Crippen molar-refractivity contribution in [3.05, 3.63) is 46.3 Å². The van der Waals surface area contributed by atoms with E-state index in [2.05, 4.69) is 10.4 Å². The average Bonchev–Trinajstić information content (AvgIpc) is 2.81. The fourth-order valence-electron chi connectivity index (χ4n) is 1.70. The molecule has 1 aromatic heterocycles. The van der Waals surface area contributed by atoms with Gasteiger partial charge in [-0.1, -0.05) is 6.07 Å². The number of nitro groups is 1. The van der Waals surface area contributed by atoms with E-state index in [-0.39, 0.29) is 11.4 Å². The van der Waals surface area contributed by atoms with Gasteiger partial charge in [0.2, 0.25) is 0 Å². The first-order valence-electron chi connectivity index (χ1n) is 5.64. The van der Waals surface area contributed by atoms with Crippen molar-refractivity contribution in [3.63, 3.8) is 0 Å². The number of ether oxygens (including phenoxy) is 1. The Balaban J connectivity index is 2.12. The Morgan fingerprint density at radius 1 is 1.53 bits per heavy atom. The highest BCUT2D eigenvalue weighted by atomic mass is 16.6. The zero-order valence-electron chi connectivity index (χ0n) is 10.7. The van der Waals surface area contributed by atoms with Gasteiger partial charge >= 0.3 is 5.69 Å². The molecule has 1 N–H and O–H groups in total. The summed E-state index contributed by atoms with van der Waals surface area (Å²) in [7, 11) is 3.24. The van der Waals surface area contributed by atoms with Crippen molar-refractivity contribution in [1.82, 2.24) is 9.78 Å². The van der Waals surface area contributed by atoms with Crippen LogP contribution in [0.3, 0.4) is 0 Å². The van der Waals surface area contributed by atoms with Crippen molar-refractivity contribution in [1.29, 1.82) is 0 Å². The summed E-state index contributed by atoms with van der Waals surface area (Å²) in [6.45, 7) is 0.483. The topological polar surface area (TPSA) is 82.2 Å². The number of hydrogen-bond donors (Lipinski definition) is 1. The van der Waals surface area contributed by atoms with Crippen molar-refractivity contribution < 1.29 is 9.66 Å². The fourth-order valence-corrected chi connectivity index (χ4v) is 1.70. The van der Waals surface area contributed by atoms with E-state index in [0.29, 0.717) is 6.54 Å². The van der Waals surface area contributed by atoms with Gasteiger partial charge in [-0.25, -0.2) is 0 Å². The first-order valence-corrected chi connectivity index (χ1v) is 5.64. The third kappa shape index (κ3) is 3.01. The van der Waals surface area contributed by atoms with Crippen LogP contribution in [0.4, 0.5) is 11.4 Å². The molecule has 7 heteroatoms. The van der Waals surface area contributed by atoms with E-state index in [1.165, 1.54) is 13.2 Å². The van der Waals surface area contributed by atoms with Crippen LogP contribution < -0.4 is 10.1 Å². The molecule has 19 heavy (non-hydrogen) atoms. The minimum Gasteiger partial charge on any atom is -0.490 e. The molecule has 7 nitrogen and oxygen atoms in total. The lowest BCUT2D eigenvalue weighted by atomic mass is 10.2. The largest absolute Gasteiger partial charge is 0.490 e. The second kappa shape index (κ2) is 5.38. The van der Waals surface area contributed by atoms with Crippen LogP contribution in [0.1, 0.15) is 5.56 Å². The zero-order valence-corrected chi connectivity index (χ0v) is 10.7. The Morgan fingerprint density at radius 3 is 2.89 bits per heavy atom. The molecule has 0 amide bonds. The Morgan fingerprint density at radius 2 is 2.32 bits per heavy atom. The van der Waals surface area contributed by atoms with Gasteiger partial charge < -0.3 is 10.1 Å². The number of benzene rings is 1. The summed E-state index contributed by atoms with van der Waals surface area (Å²) < 4.78 is 6.63. The summed E-state index contributed by atoms with van der Waals surface area (Å²) in [5.41, 5.74) is 1.63. The lowest BCUT2D eigenvalue weighted by Crippen LogP contribution is -2.00. The second-order valence-corrected chi connectivity index (χ2v) is 4.02. The molecule has 1 aromatic carbocycles. The molecule has 0 aliphatic carbocycles. The molecular formula is C12H14N4O3. The molecule has 0 atom stereocenters. The second-order valence-electron chi connectivity index (χ2n) is 4.02. The van der Waals surface area contributed by atoms with E-state index in [1.807, 2.05) is 13.2 Å². The van der Waals surface area contributed by atoms with Crippen molar-refractivity contribution in [2.75, 3.05) is 12.4 Å². The lowest BCUT2D eigenvalue weighted by Gasteiger charge is -2.06. The maximum absolute atomic E-state index is 10.9. The van der Waals surface area contributed by atoms with E-state index in [4.69, 9.17) is 4.74 Å². The van der Waals surface area contributed by atoms with Crippen LogP contribution in [0.2, 0.25) is 0 Å². The molecule has 1 heterocycles. The molecule has 100 valence electrons. The number of methoxy groups -OCH3 is 1. The number of hydrogen-bond acceptors (Lipinski definition) is 5. The normalized spacial score (nSPS) is 10.2. The SMILES string of the molecule is COc1ccc(CNc2cnn(C)c2)cc1[N+](=O)[O-]. The number of aromatic nitrogens is 2. The monoisotopic (exact) mass is 262 g/mol. The van der Waals surface area contributed by atoms with Crippen molar-refractivity contribution >= 4 is 11.4 Å². The summed E-state index contributed by atoms with van der Waals surface area (Å²) in [6.07, 6.45) is 3.52. The Bertz CT molecular complexity index is 594. The number of aryl methyl sites for hydroxylation is 1. The molecule has 0 spiro atoms. The Kier molecular flexibility index (Phi) is 3.65. The Hall–Kier alpha value is -2.57. The number of anilines is 1. The maximum Gasteiger partial charge on any atom is 0.311 e. The van der Waals surface area contributed by atoms with Crippen LogP contribution in [-0.4, -0.2) is 21.8 Å². The molecule has 0 radical (unpaired) electrons. The smallest absolute Gasteiger partial charge is 0.311 e. The van der Waals surface area contributed by atoms with Gasteiger partial charge in [-0.3, -0.25) is 14.8 Å². The molecule has 0 fully saturated rings. The molecule has 0 bridgehead atoms. The number of nitro benzene ring substituents is 1. The molecule has 0 saturated carbocycles. The minimum absolute atomic E-state index is 0.0343. The van der Waals surface area contributed by atoms with E-state index >= 15 is 0 Å². The van der Waals surface area contributed by atoms with Gasteiger partial charge in [0.25, 0.3) is 0 Å². The lowest BCUT2D eigenvalue weighted by molar-refractivity contribution is -0.385. The van der Waals surface area contributed by atoms with Crippen LogP contribution in [0.5, 0.6) is 5.75 Å². The van der Waals surface area contributed by atoms with E-state index in [9.17, 15) is 10.1 Å². The third-order valence-electron chi connectivity index (χ3n) is 2.64. The third-order valence-corrected chi connectivity index (χ3v) is 2.64. The first kappa shape index (κ1) is 12.9. The fraction of sp³-hybridized carbons (Fsp3) is 0.250. The van der Waals surface area contributed by atoms with E-state index in [0.717, 1.165) is 11.3 Å². The molecule has 2 rings (SSSR count). The van der Waals surface area contributed by atoms with Crippen LogP contribution in [0.15, 0.2) is 30.6 Å². The number of rotatable bonds is 5. The maximum atomic E-state index is 10.9. The van der Waals surface area contributed by atoms with Gasteiger partial charge in [0.1, 0.15) is 0 Å². The standard InChI is InChI=1S/C12H14N4O3/c1-15-8-10(7-14-15)13-6-9-3-4-12(19-2)11(5-9)16(17)18/h3-5,7-8,13H,6H2,1-2H3. The minimum atomic E-state index is -0.452. The van der Waals surface area contributed by atoms with E-state index in [1.54, 1.807) is 23.0 Å². The van der Waals surface area contributed by atoms with Gasteiger partial charge in [-0.2, -0.15) is 5.10 Å². The molecule has 0 aliphatic rings. The quantitative estimate of drug-likeness (QED) is 0.657. The number of nitrogens with one attached hydrogen (secondary N) is 1. The highest BCUT2D eigenvalue weighted by Crippen LogP contribution is 2.27. The highest BCUT2D eigenvalue weighted by Gasteiger charge is 2.14. The van der Waals surface area contributed by atoms with Crippen molar-refractivity contribution in [2.24, 2.45) is 7.05 Å². The van der Waals surface area contributed by atoms with Crippen molar-refractivity contribution in [3.8, 4) is 5.75 Å². The first-order chi connectivity index (χ1) is 9.10. The van der Waals surface area contributed by atoms with Gasteiger partial charge in [-0.05, 0) is 11.6 Å². The van der Waals surface area contributed by atoms with Crippen molar-refractivity contribution in [2.45, 2.75) is 6.54 Å². The molecule has 0 unspecified atom stereocenters. The Labute approximate surface area is 110 Å². The predicted octanol–water partition coefficient (Wildman–Crippen LogP) is 1.95. The summed E-state index contributed by atoms with van der Waals surface area (Å²) in [5.74, 6) is 0.259. The van der Waals surface area contributed by atoms with Crippen LogP contribution >= 0.6 is 0 Å². The molecule has 2 aromatic rings. The van der Waals surface area contributed by atoms with E-state index < -0.39 is 4.92 Å². The highest BCUT2D eigenvalue weighted by molar-refractivity contribution is 5.49. The van der Waals surface area contributed by atoms with Crippen LogP contribution in [-0.2, 0) is 13.6 Å². The van der Waals surface area contributed by atoms with Crippen LogP contribution in [0, 0.1) is 10.1 Å². The van der Waals surface area contributed by atoms with Crippen LogP contribution in [0.25, 0.3) is 0 Å². The van der Waals surface area contributed by atoms with Gasteiger partial charge in [0.15, 0.2) is 5.75 Å².